The molecule has 0 N–H and O–H groups in total. The van der Waals surface area contributed by atoms with Gasteiger partial charge >= 0.3 is 225 Å². The Labute approximate surface area is 266 Å². The fraction of sp³-hybridized carbons (Fsp3) is 0. The number of aromatic nitrogens is 3. The molecule has 0 aliphatic rings. The molecule has 7 aromatic carbocycles. The molecule has 4 heteroatoms. The van der Waals surface area contributed by atoms with Gasteiger partial charge in [0.1, 0.15) is 0 Å². The average molecular weight is 639 g/mol. The van der Waals surface area contributed by atoms with Gasteiger partial charge in [-0.15, -0.1) is 0 Å². The van der Waals surface area contributed by atoms with Crippen LogP contribution < -0.4 is 0 Å². The Morgan fingerprint density at radius 2 is 0.978 bits per heavy atom. The zero-order valence-corrected chi connectivity index (χ0v) is 25.9. The summed E-state index contributed by atoms with van der Waals surface area (Å²) in [6.07, 6.45) is 0. The fourth-order valence-corrected chi connectivity index (χ4v) is 9.03. The van der Waals surface area contributed by atoms with E-state index in [4.69, 9.17) is 15.0 Å². The Bertz CT molecular complexity index is 2540. The summed E-state index contributed by atoms with van der Waals surface area (Å²) in [6, 6.07) is 53.5. The summed E-state index contributed by atoms with van der Waals surface area (Å²) >= 11 is 0.276. The fourth-order valence-electron chi connectivity index (χ4n) is 6.36. The predicted molar refractivity (Wildman–Crippen MR) is 189 cm³/mol. The molecule has 0 fully saturated rings. The number of hydrogen-bond donors (Lipinski definition) is 0. The maximum atomic E-state index is 5.12. The van der Waals surface area contributed by atoms with Crippen LogP contribution in [0, 0.1) is 0 Å². The molecule has 0 saturated carbocycles. The molecule has 0 atom stereocenters. The van der Waals surface area contributed by atoms with Gasteiger partial charge < -0.3 is 0 Å². The minimum absolute atomic E-state index is 0.276. The van der Waals surface area contributed by atoms with Gasteiger partial charge in [0.05, 0.1) is 0 Å². The van der Waals surface area contributed by atoms with E-state index in [9.17, 15) is 0 Å². The quantitative estimate of drug-likeness (QED) is 0.142. The van der Waals surface area contributed by atoms with Crippen LogP contribution in [0.15, 0.2) is 152 Å². The summed E-state index contributed by atoms with van der Waals surface area (Å²) in [5, 5.41) is 7.87. The summed E-state index contributed by atoms with van der Waals surface area (Å²) in [7, 11) is 0. The van der Waals surface area contributed by atoms with Crippen molar-refractivity contribution in [3.05, 3.63) is 152 Å². The molecule has 9 rings (SSSR count). The standard InChI is InChI=1S/C41H25N3Se/c1-3-11-26(12-4-1)31-15-7-8-17-35(31)41-43-39(28-13-5-2-6-14-28)42-40(44-41)30-22-23-32-29(25-30)20-19-27-21-24-34-33-16-9-10-18-36(33)45-38(34)37(27)32/h1-25H. The van der Waals surface area contributed by atoms with E-state index in [1.54, 1.807) is 0 Å². The van der Waals surface area contributed by atoms with E-state index in [0.717, 1.165) is 27.8 Å². The number of benzene rings is 7. The summed E-state index contributed by atoms with van der Waals surface area (Å²) in [6.45, 7) is 0. The van der Waals surface area contributed by atoms with Gasteiger partial charge in [-0.05, 0) is 0 Å². The second-order valence-electron chi connectivity index (χ2n) is 11.2. The van der Waals surface area contributed by atoms with E-state index in [1.807, 2.05) is 30.3 Å². The Morgan fingerprint density at radius 3 is 1.80 bits per heavy atom. The Hall–Kier alpha value is -5.41. The summed E-state index contributed by atoms with van der Waals surface area (Å²) in [4.78, 5) is 15.2. The second-order valence-corrected chi connectivity index (χ2v) is 13.4. The van der Waals surface area contributed by atoms with Crippen LogP contribution in [0.5, 0.6) is 0 Å². The Morgan fingerprint density at radius 1 is 0.378 bits per heavy atom. The van der Waals surface area contributed by atoms with Crippen molar-refractivity contribution in [1.29, 1.82) is 0 Å². The molecule has 0 aliphatic carbocycles. The van der Waals surface area contributed by atoms with Crippen molar-refractivity contribution in [2.75, 3.05) is 0 Å². The van der Waals surface area contributed by atoms with Gasteiger partial charge in [0.15, 0.2) is 0 Å². The van der Waals surface area contributed by atoms with Crippen LogP contribution >= 0.6 is 0 Å². The van der Waals surface area contributed by atoms with Crippen molar-refractivity contribution in [1.82, 2.24) is 15.0 Å². The molecule has 0 amide bonds. The second kappa shape index (κ2) is 10.6. The SMILES string of the molecule is c1ccc(-c2nc(-c3ccc4c(ccc5ccc6c7ccccc7[se]c6c54)c3)nc(-c3ccccc3-c3ccccc3)n2)cc1. The van der Waals surface area contributed by atoms with Crippen molar-refractivity contribution in [2.45, 2.75) is 0 Å². The van der Waals surface area contributed by atoms with E-state index in [2.05, 4.69) is 121 Å². The van der Waals surface area contributed by atoms with Gasteiger partial charge in [-0.1, -0.05) is 42.5 Å². The molecule has 0 radical (unpaired) electrons. The van der Waals surface area contributed by atoms with Gasteiger partial charge in [0.2, 0.25) is 0 Å². The molecule has 3 nitrogen and oxygen atoms in total. The monoisotopic (exact) mass is 639 g/mol. The number of rotatable bonds is 4. The molecular weight excluding hydrogens is 613 g/mol. The normalized spacial score (nSPS) is 11.6. The van der Waals surface area contributed by atoms with Crippen LogP contribution in [0.3, 0.4) is 0 Å². The molecule has 0 aliphatic heterocycles. The zero-order chi connectivity index (χ0) is 29.7. The van der Waals surface area contributed by atoms with E-state index in [0.29, 0.717) is 17.5 Å². The maximum absolute atomic E-state index is 5.12. The summed E-state index contributed by atoms with van der Waals surface area (Å²) in [5.74, 6) is 1.99. The first-order valence-corrected chi connectivity index (χ1v) is 16.7. The molecule has 2 heterocycles. The molecule has 2 aromatic heterocycles. The van der Waals surface area contributed by atoms with Crippen molar-refractivity contribution >= 4 is 55.3 Å². The van der Waals surface area contributed by atoms with E-state index < -0.39 is 0 Å². The minimum atomic E-state index is 0.276. The topological polar surface area (TPSA) is 38.7 Å². The predicted octanol–water partition coefficient (Wildman–Crippen LogP) is 10.2. The first-order valence-electron chi connectivity index (χ1n) is 15.0. The zero-order valence-electron chi connectivity index (χ0n) is 24.2. The molecule has 0 spiro atoms. The third-order valence-corrected chi connectivity index (χ3v) is 11.0. The van der Waals surface area contributed by atoms with Crippen molar-refractivity contribution in [3.8, 4) is 45.3 Å². The van der Waals surface area contributed by atoms with Crippen molar-refractivity contribution in [2.24, 2.45) is 0 Å². The van der Waals surface area contributed by atoms with E-state index in [-0.39, 0.29) is 14.5 Å². The van der Waals surface area contributed by atoms with Gasteiger partial charge in [-0.2, -0.15) is 0 Å². The van der Waals surface area contributed by atoms with Crippen LogP contribution in [0.1, 0.15) is 0 Å². The molecule has 9 aromatic rings. The van der Waals surface area contributed by atoms with Crippen molar-refractivity contribution in [3.63, 3.8) is 0 Å². The molecular formula is C41H25N3Se. The first-order chi connectivity index (χ1) is 22.3. The third kappa shape index (κ3) is 4.46. The molecule has 0 saturated heterocycles. The molecule has 210 valence electrons. The summed E-state index contributed by atoms with van der Waals surface area (Å²) < 4.78 is 2.94. The third-order valence-electron chi connectivity index (χ3n) is 8.52. The van der Waals surface area contributed by atoms with Gasteiger partial charge in [0, 0.05) is 0 Å². The van der Waals surface area contributed by atoms with Crippen LogP contribution in [0.2, 0.25) is 0 Å². The Balaban J connectivity index is 1.26. The van der Waals surface area contributed by atoms with Gasteiger partial charge in [-0.3, -0.25) is 0 Å². The molecule has 45 heavy (non-hydrogen) atoms. The number of nitrogens with zero attached hydrogens (tertiary/aromatic N) is 3. The van der Waals surface area contributed by atoms with Gasteiger partial charge in [0.25, 0.3) is 0 Å². The van der Waals surface area contributed by atoms with Crippen LogP contribution in [-0.4, -0.2) is 29.5 Å². The number of hydrogen-bond acceptors (Lipinski definition) is 3. The number of fused-ring (bicyclic) bond motifs is 7. The van der Waals surface area contributed by atoms with Crippen LogP contribution in [0.4, 0.5) is 0 Å². The van der Waals surface area contributed by atoms with E-state index in [1.165, 1.54) is 40.8 Å². The van der Waals surface area contributed by atoms with Crippen LogP contribution in [-0.2, 0) is 0 Å². The average Bonchev–Trinajstić information content (AvgIpc) is 3.51. The molecule has 0 bridgehead atoms. The Kier molecular flexibility index (Phi) is 6.15. The molecule has 0 unspecified atom stereocenters. The van der Waals surface area contributed by atoms with Gasteiger partial charge in [-0.25, -0.2) is 0 Å². The van der Waals surface area contributed by atoms with Crippen LogP contribution in [0.25, 0.3) is 86.1 Å². The summed E-state index contributed by atoms with van der Waals surface area (Å²) in [5.41, 5.74) is 5.14. The van der Waals surface area contributed by atoms with E-state index >= 15 is 0 Å². The first kappa shape index (κ1) is 26.0. The van der Waals surface area contributed by atoms with Crippen molar-refractivity contribution < 1.29 is 0 Å².